The van der Waals surface area contributed by atoms with Crippen LogP contribution in [0.15, 0.2) is 105 Å². The average Bonchev–Trinajstić information content (AvgIpc) is 2.82. The largest absolute Gasteiger partial charge is 0.427 e. The van der Waals surface area contributed by atoms with Crippen molar-refractivity contribution < 1.29 is 9.05 Å². The lowest BCUT2D eigenvalue weighted by Crippen LogP contribution is -2.38. The van der Waals surface area contributed by atoms with Crippen molar-refractivity contribution in [3.8, 4) is 11.5 Å². The van der Waals surface area contributed by atoms with Crippen LogP contribution in [0.4, 0.5) is 0 Å². The monoisotopic (exact) mass is 485 g/mol. The van der Waals surface area contributed by atoms with Crippen molar-refractivity contribution in [3.63, 3.8) is 0 Å². The molecule has 7 rings (SSSR count). The van der Waals surface area contributed by atoms with Crippen molar-refractivity contribution >= 4 is 32.0 Å². The first-order valence-electron chi connectivity index (χ1n) is 10.8. The van der Waals surface area contributed by atoms with Gasteiger partial charge in [-0.1, -0.05) is 72.1 Å². The Kier molecular flexibility index (Phi) is 4.41. The highest BCUT2D eigenvalue weighted by Crippen LogP contribution is 2.67. The molecule has 0 saturated heterocycles. The van der Waals surface area contributed by atoms with Gasteiger partial charge in [0.25, 0.3) is 0 Å². The molecule has 0 N–H and O–H groups in total. The van der Waals surface area contributed by atoms with Crippen molar-refractivity contribution in [1.82, 2.24) is 4.67 Å². The molecule has 0 atom stereocenters. The van der Waals surface area contributed by atoms with Crippen LogP contribution in [0.5, 0.6) is 11.5 Å². The van der Waals surface area contributed by atoms with E-state index in [1.165, 1.54) is 41.8 Å². The summed E-state index contributed by atoms with van der Waals surface area (Å²) in [7, 11) is 2.73. The number of benzene rings is 4. The third kappa shape index (κ3) is 2.68. The maximum atomic E-state index is 6.67. The van der Waals surface area contributed by atoms with Gasteiger partial charge in [0.2, 0.25) is 0 Å². The minimum atomic E-state index is -1.30. The zero-order chi connectivity index (χ0) is 22.2. The van der Waals surface area contributed by atoms with Gasteiger partial charge in [-0.15, -0.1) is 0 Å². The molecule has 6 heteroatoms. The summed E-state index contributed by atoms with van der Waals surface area (Å²) in [5.41, 5.74) is 4.54. The molecule has 3 aliphatic rings. The topological polar surface area (TPSA) is 21.7 Å². The molecule has 0 bridgehead atoms. The zero-order valence-corrected chi connectivity index (χ0v) is 20.6. The zero-order valence-electron chi connectivity index (χ0n) is 18.1. The number of rotatable bonds is 1. The van der Waals surface area contributed by atoms with Gasteiger partial charge in [0.05, 0.1) is 5.41 Å². The number of nitrogens with zero attached hydrogens (tertiary/aromatic N) is 1. The summed E-state index contributed by atoms with van der Waals surface area (Å²) >= 11 is 3.67. The SMILES string of the molecule is CN(C)P1Oc2cccc3c2C2(c4ccccc4S3)c3ccccc3Sc3cccc(c32)O1. The van der Waals surface area contributed by atoms with Crippen LogP contribution >= 0.6 is 32.0 Å². The molecule has 3 nitrogen and oxygen atoms in total. The van der Waals surface area contributed by atoms with Gasteiger partial charge in [-0.05, 0) is 61.6 Å². The number of hydrogen-bond donors (Lipinski definition) is 0. The van der Waals surface area contributed by atoms with Gasteiger partial charge in [-0.25, -0.2) is 4.67 Å². The van der Waals surface area contributed by atoms with E-state index in [0.717, 1.165) is 11.5 Å². The normalized spacial score (nSPS) is 16.8. The molecule has 0 radical (unpaired) electrons. The highest BCUT2D eigenvalue weighted by molar-refractivity contribution is 8.00. The van der Waals surface area contributed by atoms with Crippen molar-refractivity contribution in [1.29, 1.82) is 0 Å². The van der Waals surface area contributed by atoms with Gasteiger partial charge in [-0.2, -0.15) is 0 Å². The molecule has 0 fully saturated rings. The second-order valence-electron chi connectivity index (χ2n) is 8.47. The summed E-state index contributed by atoms with van der Waals surface area (Å²) in [6.45, 7) is 0. The Bertz CT molecular complexity index is 1330. The Morgan fingerprint density at radius 1 is 0.606 bits per heavy atom. The summed E-state index contributed by atoms with van der Waals surface area (Å²) in [4.78, 5) is 5.04. The first-order chi connectivity index (χ1) is 16.2. The lowest BCUT2D eigenvalue weighted by atomic mass is 9.64. The van der Waals surface area contributed by atoms with Gasteiger partial charge in [0.1, 0.15) is 11.5 Å². The average molecular weight is 486 g/mol. The van der Waals surface area contributed by atoms with Gasteiger partial charge in [0.15, 0.2) is 0 Å². The van der Waals surface area contributed by atoms with Crippen LogP contribution in [0.3, 0.4) is 0 Å². The second kappa shape index (κ2) is 7.28. The third-order valence-corrected chi connectivity index (χ3v) is 10.1. The Hall–Kier alpha value is -2.43. The summed E-state index contributed by atoms with van der Waals surface area (Å²) in [5.74, 6) is 1.80. The van der Waals surface area contributed by atoms with Gasteiger partial charge < -0.3 is 9.05 Å². The van der Waals surface area contributed by atoms with E-state index in [-0.39, 0.29) is 0 Å². The maximum absolute atomic E-state index is 6.67. The lowest BCUT2D eigenvalue weighted by Gasteiger charge is -2.47. The first kappa shape index (κ1) is 20.0. The Morgan fingerprint density at radius 2 is 1.06 bits per heavy atom. The molecule has 0 amide bonds. The van der Waals surface area contributed by atoms with Crippen LogP contribution in [-0.4, -0.2) is 18.8 Å². The van der Waals surface area contributed by atoms with E-state index in [9.17, 15) is 0 Å². The molecular weight excluding hydrogens is 465 g/mol. The molecule has 3 heterocycles. The lowest BCUT2D eigenvalue weighted by molar-refractivity contribution is 0.397. The second-order valence-corrected chi connectivity index (χ2v) is 12.3. The Labute approximate surface area is 203 Å². The fourth-order valence-corrected chi connectivity index (χ4v) is 8.65. The fourth-order valence-electron chi connectivity index (χ4n) is 5.21. The van der Waals surface area contributed by atoms with E-state index in [4.69, 9.17) is 9.05 Å². The van der Waals surface area contributed by atoms with Crippen LogP contribution < -0.4 is 9.05 Å². The molecule has 3 aliphatic heterocycles. The number of hydrogen-bond acceptors (Lipinski definition) is 5. The predicted molar refractivity (Wildman–Crippen MR) is 135 cm³/mol. The predicted octanol–water partition coefficient (Wildman–Crippen LogP) is 7.56. The maximum Gasteiger partial charge on any atom is 0.384 e. The van der Waals surface area contributed by atoms with Gasteiger partial charge in [-0.3, -0.25) is 0 Å². The quantitative estimate of drug-likeness (QED) is 0.224. The smallest absolute Gasteiger partial charge is 0.384 e. The first-order valence-corrected chi connectivity index (χ1v) is 13.6. The highest BCUT2D eigenvalue weighted by Gasteiger charge is 2.53. The van der Waals surface area contributed by atoms with E-state index in [0.29, 0.717) is 0 Å². The molecule has 1 spiro atoms. The van der Waals surface area contributed by atoms with Crippen LogP contribution in [0.2, 0.25) is 0 Å². The summed E-state index contributed by atoms with van der Waals surface area (Å²) in [6, 6.07) is 30.5. The summed E-state index contributed by atoms with van der Waals surface area (Å²) in [5, 5.41) is 0. The van der Waals surface area contributed by atoms with E-state index < -0.39 is 13.9 Å². The van der Waals surface area contributed by atoms with Crippen LogP contribution in [0.25, 0.3) is 0 Å². The molecular formula is C27H20NO2PS2. The summed E-state index contributed by atoms with van der Waals surface area (Å²) < 4.78 is 15.4. The Morgan fingerprint density at radius 3 is 1.55 bits per heavy atom. The molecule has 0 saturated carbocycles. The summed E-state index contributed by atoms with van der Waals surface area (Å²) in [6.07, 6.45) is 0. The van der Waals surface area contributed by atoms with Gasteiger partial charge >= 0.3 is 8.53 Å². The van der Waals surface area contributed by atoms with E-state index in [1.54, 1.807) is 0 Å². The third-order valence-electron chi connectivity index (χ3n) is 6.43. The Balaban J connectivity index is 1.71. The number of fused-ring (bicyclic) bond motifs is 2. The van der Waals surface area contributed by atoms with Crippen LogP contribution in [0.1, 0.15) is 22.3 Å². The minimum Gasteiger partial charge on any atom is -0.427 e. The highest BCUT2D eigenvalue weighted by atomic mass is 32.2. The van der Waals surface area contributed by atoms with E-state index in [1.807, 2.05) is 42.3 Å². The van der Waals surface area contributed by atoms with Crippen LogP contribution in [0, 0.1) is 0 Å². The van der Waals surface area contributed by atoms with E-state index >= 15 is 0 Å². The molecule has 0 unspecified atom stereocenters. The van der Waals surface area contributed by atoms with Crippen LogP contribution in [-0.2, 0) is 5.41 Å². The van der Waals surface area contributed by atoms with E-state index in [2.05, 4.69) is 84.9 Å². The minimum absolute atomic E-state index is 0.505. The molecule has 162 valence electrons. The molecule has 4 aromatic rings. The molecule has 0 aromatic heterocycles. The van der Waals surface area contributed by atoms with Crippen molar-refractivity contribution in [3.05, 3.63) is 107 Å². The molecule has 0 aliphatic carbocycles. The van der Waals surface area contributed by atoms with Crippen molar-refractivity contribution in [2.45, 2.75) is 25.0 Å². The van der Waals surface area contributed by atoms with Gasteiger partial charge in [0, 0.05) is 30.7 Å². The van der Waals surface area contributed by atoms with Crippen molar-refractivity contribution in [2.24, 2.45) is 0 Å². The standard InChI is InChI=1S/C27H20NO2PS2/c1-28(2)31-29-19-11-7-15-23-25(19)27(17-9-3-5-13-21(17)32-23)18-10-4-6-14-22(18)33-24-16-8-12-20(30-31)26(24)27/h3-16H,1-2H3. The molecule has 4 aromatic carbocycles. The fraction of sp³-hybridized carbons (Fsp3) is 0.111. The molecule has 33 heavy (non-hydrogen) atoms. The van der Waals surface area contributed by atoms with Crippen molar-refractivity contribution in [2.75, 3.05) is 14.1 Å².